The van der Waals surface area contributed by atoms with Crippen LogP contribution in [0.25, 0.3) is 21.6 Å². The number of carboxylic acid groups (broad SMARTS) is 1. The van der Waals surface area contributed by atoms with E-state index >= 15 is 0 Å². The maximum absolute atomic E-state index is 13.7. The van der Waals surface area contributed by atoms with Gasteiger partial charge in [0.05, 0.1) is 44.9 Å². The summed E-state index contributed by atoms with van der Waals surface area (Å²) >= 11 is 0. The molecule has 0 spiro atoms. The molecule has 1 aromatic carbocycles. The zero-order chi connectivity index (χ0) is 45.5. The molecule has 0 saturated carbocycles. The average molecular weight is 926 g/mol. The van der Waals surface area contributed by atoms with E-state index in [4.69, 9.17) is 40.3 Å². The Hall–Kier alpha value is -5.64. The third-order valence-electron chi connectivity index (χ3n) is 9.73. The molecule has 1 amide bonds. The minimum Gasteiger partial charge on any atom is -0.480 e. The van der Waals surface area contributed by atoms with Crippen LogP contribution in [-0.4, -0.2) is 122 Å². The van der Waals surface area contributed by atoms with Crippen LogP contribution in [-0.2, 0) is 48.3 Å². The number of aliphatic hydroxyl groups is 1. The summed E-state index contributed by atoms with van der Waals surface area (Å²) in [6.07, 6.45) is -5.49. The molecule has 6 rings (SSSR count). The summed E-state index contributed by atoms with van der Waals surface area (Å²) in [7, 11) is -10.5. The summed E-state index contributed by atoms with van der Waals surface area (Å²) in [5, 5.41) is 30.3. The molecule has 63 heavy (non-hydrogen) atoms. The number of nitrogens with one attached hydrogen (secondary N) is 2. The van der Waals surface area contributed by atoms with E-state index in [0.29, 0.717) is 11.3 Å². The molecule has 11 N–H and O–H groups in total. The zero-order valence-electron chi connectivity index (χ0n) is 32.5. The summed E-state index contributed by atoms with van der Waals surface area (Å²) < 4.78 is 59.1. The number of phosphoric ester groups is 2. The molecular weight excluding hydrogens is 884 g/mol. The standard InChI is InChI=1S/C32H41N13O16P2/c33-23-6-8-44(30(49)39-23)25-9-21(22(60-25)13-58-62(51,52)53)61-63(54,55)59-14-32(29(47)48,41-19-11-56-12-20(19)46)7-5-24(45-16-38-26-27(34)36-15-37-28(26)45)40-31(50)57-10-17-1-3-18(4-2-17)42-43-35/h1-4,6,8,15-16,19-22,24-25,41,46H,5,7,9-14H2,(H,40,50)(H,47,48)(H,54,55)(H2,33,39,49)(H2,34,36,37)(H2,51,52,53)/t19?,20?,21-,22+,24+,25+,32+/m0/s1. The molecule has 2 saturated heterocycles. The van der Waals surface area contributed by atoms with E-state index in [2.05, 4.69) is 45.1 Å². The first-order chi connectivity index (χ1) is 29.8. The van der Waals surface area contributed by atoms with Crippen LogP contribution < -0.4 is 27.8 Å². The number of azide groups is 1. The lowest BCUT2D eigenvalue weighted by Gasteiger charge is -2.35. The number of aliphatic carboxylic acids is 1. The average Bonchev–Trinajstić information content (AvgIpc) is 3.95. The first-order valence-corrected chi connectivity index (χ1v) is 21.5. The van der Waals surface area contributed by atoms with Gasteiger partial charge < -0.3 is 55.9 Å². The number of aliphatic hydroxyl groups excluding tert-OH is 1. The number of phosphoric acid groups is 2. The number of rotatable bonds is 20. The lowest BCUT2D eigenvalue weighted by molar-refractivity contribution is -0.148. The highest BCUT2D eigenvalue weighted by atomic mass is 31.2. The second-order valence-corrected chi connectivity index (χ2v) is 16.7. The molecule has 0 bridgehead atoms. The number of fused-ring (bicyclic) bond motifs is 1. The smallest absolute Gasteiger partial charge is 0.472 e. The highest BCUT2D eigenvalue weighted by molar-refractivity contribution is 7.47. The quantitative estimate of drug-likeness (QED) is 0.0252. The van der Waals surface area contributed by atoms with Gasteiger partial charge in [-0.15, -0.1) is 0 Å². The first kappa shape index (κ1) is 46.9. The van der Waals surface area contributed by atoms with Gasteiger partial charge in [-0.1, -0.05) is 29.4 Å². The van der Waals surface area contributed by atoms with Crippen molar-refractivity contribution in [3.63, 3.8) is 0 Å². The van der Waals surface area contributed by atoms with E-state index in [0.717, 1.165) is 10.9 Å². The van der Waals surface area contributed by atoms with E-state index in [1.807, 2.05) is 0 Å². The van der Waals surface area contributed by atoms with E-state index < -0.39 is 102 Å². The number of carboxylic acids is 1. The third-order valence-corrected chi connectivity index (χ3v) is 11.2. The second kappa shape index (κ2) is 19.8. The Balaban J connectivity index is 1.24. The summed E-state index contributed by atoms with van der Waals surface area (Å²) in [6.45, 7) is -2.67. The van der Waals surface area contributed by atoms with Gasteiger partial charge in [0.25, 0.3) is 0 Å². The van der Waals surface area contributed by atoms with Crippen LogP contribution in [0.2, 0.25) is 0 Å². The number of ether oxygens (including phenoxy) is 3. The lowest BCUT2D eigenvalue weighted by atomic mass is 9.91. The van der Waals surface area contributed by atoms with Crippen molar-refractivity contribution in [2.24, 2.45) is 5.11 Å². The summed E-state index contributed by atoms with van der Waals surface area (Å²) in [5.41, 5.74) is 18.0. The van der Waals surface area contributed by atoms with Gasteiger partial charge >= 0.3 is 33.4 Å². The van der Waals surface area contributed by atoms with Crippen molar-refractivity contribution in [1.29, 1.82) is 0 Å². The zero-order valence-corrected chi connectivity index (χ0v) is 34.3. The Morgan fingerprint density at radius 3 is 2.54 bits per heavy atom. The second-order valence-electron chi connectivity index (χ2n) is 14.0. The SMILES string of the molecule is [N-]=[N+]=Nc1ccc(COC(=O)N[C@@H](CC[C@](COP(=O)(O)O[C@H]2C[C@H](n3ccc(N)nc3=O)O[C@@H]2COP(=O)(O)O)(NC2COCC2O)C(=O)O)n2cnc3c(N)ncnc32)cc1. The van der Waals surface area contributed by atoms with Gasteiger partial charge in [0.15, 0.2) is 11.5 Å². The highest BCUT2D eigenvalue weighted by Crippen LogP contribution is 2.50. The number of alkyl carbamates (subject to hydrolysis) is 1. The number of aromatic nitrogens is 6. The minimum atomic E-state index is -5.39. The Morgan fingerprint density at radius 1 is 1.11 bits per heavy atom. The molecule has 340 valence electrons. The van der Waals surface area contributed by atoms with Gasteiger partial charge in [-0.2, -0.15) is 4.98 Å². The van der Waals surface area contributed by atoms with Crippen LogP contribution in [0.1, 0.15) is 37.2 Å². The number of nitrogens with zero attached hydrogens (tertiary/aromatic N) is 9. The fourth-order valence-corrected chi connectivity index (χ4v) is 7.94. The van der Waals surface area contributed by atoms with Crippen LogP contribution in [0.3, 0.4) is 0 Å². The van der Waals surface area contributed by atoms with E-state index in [9.17, 15) is 48.4 Å². The minimum absolute atomic E-state index is 0.0140. The number of imidazole rings is 1. The van der Waals surface area contributed by atoms with Crippen molar-refractivity contribution in [2.75, 3.05) is 37.9 Å². The van der Waals surface area contributed by atoms with Gasteiger partial charge in [0.2, 0.25) is 0 Å². The molecule has 2 aliphatic heterocycles. The largest absolute Gasteiger partial charge is 0.480 e. The van der Waals surface area contributed by atoms with Crippen molar-refractivity contribution < 1.29 is 71.4 Å². The van der Waals surface area contributed by atoms with E-state index in [1.165, 1.54) is 35.3 Å². The molecule has 29 nitrogen and oxygen atoms in total. The molecule has 5 heterocycles. The molecular formula is C32H41N13O16P2. The van der Waals surface area contributed by atoms with E-state index in [-0.39, 0.29) is 49.0 Å². The molecule has 4 aromatic rings. The number of benzene rings is 1. The molecule has 8 atom stereocenters. The Kier molecular flexibility index (Phi) is 14.7. The fourth-order valence-electron chi connectivity index (χ4n) is 6.59. The topological polar surface area (TPSA) is 428 Å². The normalized spacial score (nSPS) is 22.4. The lowest BCUT2D eigenvalue weighted by Crippen LogP contribution is -2.61. The number of carbonyl (C=O) groups excluding carboxylic acids is 1. The number of amides is 1. The van der Waals surface area contributed by atoms with Gasteiger partial charge in [-0.3, -0.25) is 32.8 Å². The molecule has 3 aromatic heterocycles. The van der Waals surface area contributed by atoms with Crippen molar-refractivity contribution in [3.05, 3.63) is 75.7 Å². The maximum atomic E-state index is 13.7. The molecule has 3 unspecified atom stereocenters. The van der Waals surface area contributed by atoms with Crippen molar-refractivity contribution in [1.82, 2.24) is 39.7 Å². The highest BCUT2D eigenvalue weighted by Gasteiger charge is 2.48. The number of anilines is 2. The number of carbonyl (C=O) groups is 2. The van der Waals surface area contributed by atoms with Crippen LogP contribution in [0.4, 0.5) is 22.1 Å². The Morgan fingerprint density at radius 2 is 1.87 bits per heavy atom. The van der Waals surface area contributed by atoms with Crippen LogP contribution >= 0.6 is 15.6 Å². The summed E-state index contributed by atoms with van der Waals surface area (Å²) in [5.74, 6) is -1.80. The van der Waals surface area contributed by atoms with Crippen molar-refractivity contribution in [2.45, 2.75) is 68.2 Å². The van der Waals surface area contributed by atoms with Crippen molar-refractivity contribution in [3.8, 4) is 0 Å². The Labute approximate surface area is 353 Å². The molecule has 2 fully saturated rings. The number of nitrogens with two attached hydrogens (primary N) is 2. The molecule has 2 aliphatic rings. The number of hydrogen-bond acceptors (Lipinski definition) is 20. The molecule has 0 aliphatic carbocycles. The van der Waals surface area contributed by atoms with Gasteiger partial charge in [0, 0.05) is 23.2 Å². The summed E-state index contributed by atoms with van der Waals surface area (Å²) in [4.78, 5) is 87.5. The van der Waals surface area contributed by atoms with Crippen LogP contribution in [0.15, 0.2) is 59.1 Å². The predicted molar refractivity (Wildman–Crippen MR) is 211 cm³/mol. The van der Waals surface area contributed by atoms with Crippen LogP contribution in [0, 0.1) is 0 Å². The van der Waals surface area contributed by atoms with Gasteiger partial charge in [-0.05, 0) is 30.0 Å². The number of hydrogen-bond donors (Lipinski definition) is 9. The van der Waals surface area contributed by atoms with Gasteiger partial charge in [0.1, 0.15) is 54.4 Å². The monoisotopic (exact) mass is 925 g/mol. The maximum Gasteiger partial charge on any atom is 0.472 e. The fraction of sp³-hybridized carbons (Fsp3) is 0.469. The third kappa shape index (κ3) is 12.1. The predicted octanol–water partition coefficient (Wildman–Crippen LogP) is 0.466. The molecule has 0 radical (unpaired) electrons. The first-order valence-electron chi connectivity index (χ1n) is 18.5. The van der Waals surface area contributed by atoms with Crippen LogP contribution in [0.5, 0.6) is 0 Å². The van der Waals surface area contributed by atoms with Crippen molar-refractivity contribution >= 4 is 56.2 Å². The van der Waals surface area contributed by atoms with E-state index in [1.54, 1.807) is 12.1 Å². The van der Waals surface area contributed by atoms with Gasteiger partial charge in [-0.25, -0.2) is 33.7 Å². The number of nitrogen functional groups attached to an aromatic ring is 2. The summed E-state index contributed by atoms with van der Waals surface area (Å²) in [6, 6.07) is 6.32. The Bertz CT molecular complexity index is 2490. The molecule has 31 heteroatoms.